The van der Waals surface area contributed by atoms with Gasteiger partial charge in [-0.3, -0.25) is 14.3 Å². The Morgan fingerprint density at radius 1 is 1.35 bits per heavy atom. The summed E-state index contributed by atoms with van der Waals surface area (Å²) in [5.74, 6) is -0.753. The van der Waals surface area contributed by atoms with Crippen molar-refractivity contribution < 1.29 is 14.2 Å². The lowest BCUT2D eigenvalue weighted by Gasteiger charge is -2.24. The molecule has 0 radical (unpaired) electrons. The lowest BCUT2D eigenvalue weighted by Crippen LogP contribution is -2.37. The van der Waals surface area contributed by atoms with Crippen LogP contribution in [0.5, 0.6) is 0 Å². The third kappa shape index (κ3) is 2.10. The maximum absolute atomic E-state index is 11.9. The van der Waals surface area contributed by atoms with E-state index in [2.05, 4.69) is 4.98 Å². The average molecular weight is 283 g/mol. The number of ether oxygens (including phenoxy) is 3. The fourth-order valence-corrected chi connectivity index (χ4v) is 2.70. The van der Waals surface area contributed by atoms with Crippen molar-refractivity contribution in [2.75, 3.05) is 6.54 Å². The predicted octanol–water partition coefficient (Wildman–Crippen LogP) is -1.09. The lowest BCUT2D eigenvalue weighted by molar-refractivity contribution is -0.196. The molecule has 2 aliphatic rings. The van der Waals surface area contributed by atoms with Gasteiger partial charge in [-0.25, -0.2) is 4.79 Å². The van der Waals surface area contributed by atoms with Crippen LogP contribution in [-0.4, -0.2) is 40.2 Å². The van der Waals surface area contributed by atoms with Crippen LogP contribution in [0.4, 0.5) is 0 Å². The summed E-state index contributed by atoms with van der Waals surface area (Å²) in [7, 11) is 0. The zero-order valence-corrected chi connectivity index (χ0v) is 11.2. The minimum Gasteiger partial charge on any atom is -0.348 e. The van der Waals surface area contributed by atoms with E-state index in [4.69, 9.17) is 19.9 Å². The van der Waals surface area contributed by atoms with Crippen LogP contribution in [0.25, 0.3) is 0 Å². The number of nitrogens with one attached hydrogen (secondary N) is 1. The van der Waals surface area contributed by atoms with Crippen molar-refractivity contribution in [3.63, 3.8) is 0 Å². The molecular weight excluding hydrogens is 266 g/mol. The molecule has 0 amide bonds. The van der Waals surface area contributed by atoms with E-state index in [0.717, 1.165) is 0 Å². The molecule has 2 unspecified atom stereocenters. The molecule has 1 aromatic rings. The van der Waals surface area contributed by atoms with Gasteiger partial charge in [-0.2, -0.15) is 0 Å². The molecule has 2 fully saturated rings. The number of fused-ring (bicyclic) bond motifs is 1. The highest BCUT2D eigenvalue weighted by Gasteiger charge is 2.55. The van der Waals surface area contributed by atoms with Gasteiger partial charge < -0.3 is 19.9 Å². The number of hydrogen-bond acceptors (Lipinski definition) is 6. The Morgan fingerprint density at radius 3 is 2.70 bits per heavy atom. The highest BCUT2D eigenvalue weighted by Crippen LogP contribution is 2.42. The van der Waals surface area contributed by atoms with E-state index < -0.39 is 29.4 Å². The first-order valence-corrected chi connectivity index (χ1v) is 6.44. The first-order valence-electron chi connectivity index (χ1n) is 6.44. The summed E-state index contributed by atoms with van der Waals surface area (Å²) in [4.78, 5) is 25.2. The van der Waals surface area contributed by atoms with Crippen molar-refractivity contribution in [1.82, 2.24) is 9.55 Å². The van der Waals surface area contributed by atoms with Crippen LogP contribution < -0.4 is 17.0 Å². The van der Waals surface area contributed by atoms with Gasteiger partial charge >= 0.3 is 5.69 Å². The quantitative estimate of drug-likeness (QED) is 0.714. The molecule has 3 heterocycles. The Bertz CT molecular complexity index is 622. The van der Waals surface area contributed by atoms with Gasteiger partial charge in [0.2, 0.25) is 0 Å². The predicted molar refractivity (Wildman–Crippen MR) is 68.1 cm³/mol. The van der Waals surface area contributed by atoms with E-state index >= 15 is 0 Å². The first kappa shape index (κ1) is 13.5. The number of hydrogen-bond donors (Lipinski definition) is 2. The smallest absolute Gasteiger partial charge is 0.330 e. The zero-order chi connectivity index (χ0) is 14.5. The Hall–Kier alpha value is -1.48. The number of H-pyrrole nitrogens is 1. The molecule has 8 heteroatoms. The molecular formula is C12H17N3O5. The van der Waals surface area contributed by atoms with Crippen molar-refractivity contribution in [3.05, 3.63) is 33.1 Å². The fourth-order valence-electron chi connectivity index (χ4n) is 2.70. The van der Waals surface area contributed by atoms with E-state index in [0.29, 0.717) is 0 Å². The minimum absolute atomic E-state index is 0.259. The Kier molecular flexibility index (Phi) is 3.05. The van der Waals surface area contributed by atoms with Gasteiger partial charge in [0.25, 0.3) is 5.56 Å². The second-order valence-electron chi connectivity index (χ2n) is 5.38. The summed E-state index contributed by atoms with van der Waals surface area (Å²) < 4.78 is 18.6. The zero-order valence-electron chi connectivity index (χ0n) is 11.2. The second-order valence-corrected chi connectivity index (χ2v) is 5.38. The topological polar surface area (TPSA) is 109 Å². The minimum atomic E-state index is -0.753. The summed E-state index contributed by atoms with van der Waals surface area (Å²) >= 11 is 0. The monoisotopic (exact) mass is 283 g/mol. The van der Waals surface area contributed by atoms with Crippen LogP contribution in [0.15, 0.2) is 21.9 Å². The Labute approximate surface area is 114 Å². The number of aromatic nitrogens is 2. The van der Waals surface area contributed by atoms with Crippen LogP contribution in [0, 0.1) is 0 Å². The van der Waals surface area contributed by atoms with Crippen molar-refractivity contribution in [1.29, 1.82) is 0 Å². The third-order valence-electron chi connectivity index (χ3n) is 3.48. The third-order valence-corrected chi connectivity index (χ3v) is 3.48. The van der Waals surface area contributed by atoms with Gasteiger partial charge in [-0.15, -0.1) is 0 Å². The Balaban J connectivity index is 1.98. The van der Waals surface area contributed by atoms with Gasteiger partial charge in [0, 0.05) is 18.8 Å². The number of nitrogens with two attached hydrogens (primary N) is 1. The first-order chi connectivity index (χ1) is 9.41. The van der Waals surface area contributed by atoms with Gasteiger partial charge in [0.15, 0.2) is 12.0 Å². The lowest BCUT2D eigenvalue weighted by atomic mass is 10.1. The SMILES string of the molecule is CC1(C)OC2C(O1)[C@@H](CN)O[C@H]2n1ccc(=O)[nH]c1=O. The maximum atomic E-state index is 11.9. The molecule has 2 saturated heterocycles. The number of rotatable bonds is 2. The van der Waals surface area contributed by atoms with E-state index in [-0.39, 0.29) is 18.8 Å². The standard InChI is InChI=1S/C12H17N3O5/c1-12(2)19-8-6(5-13)18-10(9(8)20-12)15-4-3-7(16)14-11(15)17/h3-4,6,8-10H,5,13H2,1-2H3,(H,14,16,17)/t6-,8?,9?,10-/m1/s1. The molecule has 3 rings (SSSR count). The number of aromatic amines is 1. The maximum Gasteiger partial charge on any atom is 0.330 e. The second kappa shape index (κ2) is 4.52. The van der Waals surface area contributed by atoms with Crippen LogP contribution in [0.3, 0.4) is 0 Å². The van der Waals surface area contributed by atoms with Crippen molar-refractivity contribution in [2.24, 2.45) is 5.73 Å². The molecule has 0 spiro atoms. The summed E-state index contributed by atoms with van der Waals surface area (Å²) in [6.07, 6.45) is -0.414. The number of nitrogens with zero attached hydrogens (tertiary/aromatic N) is 1. The van der Waals surface area contributed by atoms with Crippen molar-refractivity contribution >= 4 is 0 Å². The van der Waals surface area contributed by atoms with Gasteiger partial charge in [0.1, 0.15) is 18.3 Å². The van der Waals surface area contributed by atoms with Crippen molar-refractivity contribution in [2.45, 2.75) is 44.2 Å². The molecule has 110 valence electrons. The Morgan fingerprint density at radius 2 is 2.05 bits per heavy atom. The molecule has 4 atom stereocenters. The van der Waals surface area contributed by atoms with E-state index in [1.165, 1.54) is 16.8 Å². The van der Waals surface area contributed by atoms with Crippen LogP contribution in [-0.2, 0) is 14.2 Å². The molecule has 1 aromatic heterocycles. The average Bonchev–Trinajstić information content (AvgIpc) is 2.83. The van der Waals surface area contributed by atoms with Crippen LogP contribution >= 0.6 is 0 Å². The summed E-state index contributed by atoms with van der Waals surface area (Å²) in [5.41, 5.74) is 4.67. The highest BCUT2D eigenvalue weighted by atomic mass is 16.8. The molecule has 8 nitrogen and oxygen atoms in total. The molecule has 0 saturated carbocycles. The highest BCUT2D eigenvalue weighted by molar-refractivity contribution is 4.98. The van der Waals surface area contributed by atoms with Gasteiger partial charge in [-0.1, -0.05) is 0 Å². The largest absolute Gasteiger partial charge is 0.348 e. The van der Waals surface area contributed by atoms with Crippen LogP contribution in [0.1, 0.15) is 20.1 Å². The molecule has 0 aromatic carbocycles. The fraction of sp³-hybridized carbons (Fsp3) is 0.667. The van der Waals surface area contributed by atoms with Crippen molar-refractivity contribution in [3.8, 4) is 0 Å². The van der Waals surface area contributed by atoms with Gasteiger partial charge in [0.05, 0.1) is 0 Å². The molecule has 0 bridgehead atoms. The van der Waals surface area contributed by atoms with Crippen LogP contribution in [0.2, 0.25) is 0 Å². The van der Waals surface area contributed by atoms with E-state index in [1.54, 1.807) is 13.8 Å². The molecule has 0 aliphatic carbocycles. The molecule has 3 N–H and O–H groups in total. The normalized spacial score (nSPS) is 35.1. The molecule has 20 heavy (non-hydrogen) atoms. The summed E-state index contributed by atoms with van der Waals surface area (Å²) in [5, 5.41) is 0. The van der Waals surface area contributed by atoms with E-state index in [9.17, 15) is 9.59 Å². The van der Waals surface area contributed by atoms with Gasteiger partial charge in [-0.05, 0) is 13.8 Å². The van der Waals surface area contributed by atoms with E-state index in [1.807, 2.05) is 0 Å². The summed E-state index contributed by atoms with van der Waals surface area (Å²) in [6.45, 7) is 3.85. The summed E-state index contributed by atoms with van der Waals surface area (Å²) in [6, 6.07) is 1.26. The molecule has 2 aliphatic heterocycles.